The van der Waals surface area contributed by atoms with Gasteiger partial charge in [0.25, 0.3) is 0 Å². The average molecular weight is 248 g/mol. The number of rotatable bonds is 1. The Bertz CT molecular complexity index is 399. The molecule has 0 saturated carbocycles. The van der Waals surface area contributed by atoms with Crippen LogP contribution >= 0.6 is 0 Å². The van der Waals surface area contributed by atoms with Crippen LogP contribution < -0.4 is 16.2 Å². The van der Waals surface area contributed by atoms with Crippen LogP contribution in [0, 0.1) is 0 Å². The van der Waals surface area contributed by atoms with Crippen LogP contribution in [0.2, 0.25) is 0 Å². The Labute approximate surface area is 97.5 Å². The summed E-state index contributed by atoms with van der Waals surface area (Å²) in [7, 11) is 0. The van der Waals surface area contributed by atoms with E-state index in [1.54, 1.807) is 20.8 Å². The predicted octanol–water partition coefficient (Wildman–Crippen LogP) is 3.05. The molecule has 0 unspecified atom stereocenters. The zero-order valence-corrected chi connectivity index (χ0v) is 9.85. The minimum Gasteiger partial charge on any atom is -0.484 e. The second-order valence-corrected chi connectivity index (χ2v) is 4.70. The molecule has 6 heteroatoms. The van der Waals surface area contributed by atoms with Crippen LogP contribution in [0.15, 0.2) is 12.1 Å². The molecule has 0 aliphatic rings. The summed E-state index contributed by atoms with van der Waals surface area (Å²) < 4.78 is 42.8. The van der Waals surface area contributed by atoms with Crippen LogP contribution in [0.4, 0.5) is 24.5 Å². The minimum absolute atomic E-state index is 0.0884. The predicted molar refractivity (Wildman–Crippen MR) is 60.6 cm³/mol. The number of hydrogen-bond acceptors (Lipinski definition) is 3. The van der Waals surface area contributed by atoms with Gasteiger partial charge in [-0.3, -0.25) is 0 Å². The van der Waals surface area contributed by atoms with Gasteiger partial charge in [-0.2, -0.15) is 13.2 Å². The summed E-state index contributed by atoms with van der Waals surface area (Å²) in [5.74, 6) is 0.0884. The summed E-state index contributed by atoms with van der Waals surface area (Å²) in [5.41, 5.74) is 9.34. The van der Waals surface area contributed by atoms with Gasteiger partial charge < -0.3 is 16.2 Å². The van der Waals surface area contributed by atoms with Crippen molar-refractivity contribution in [2.24, 2.45) is 0 Å². The molecule has 4 N–H and O–H groups in total. The lowest BCUT2D eigenvalue weighted by molar-refractivity contribution is -0.137. The van der Waals surface area contributed by atoms with Crippen molar-refractivity contribution in [1.82, 2.24) is 0 Å². The SMILES string of the molecule is CC(C)(C)Oc1c(N)cc(C(F)(F)F)cc1N. The Morgan fingerprint density at radius 1 is 1.00 bits per heavy atom. The highest BCUT2D eigenvalue weighted by atomic mass is 19.4. The van der Waals surface area contributed by atoms with E-state index in [1.165, 1.54) is 0 Å². The molecule has 3 nitrogen and oxygen atoms in total. The third-order valence-corrected chi connectivity index (χ3v) is 1.88. The lowest BCUT2D eigenvalue weighted by Gasteiger charge is -2.24. The van der Waals surface area contributed by atoms with Crippen molar-refractivity contribution in [1.29, 1.82) is 0 Å². The van der Waals surface area contributed by atoms with Crippen LogP contribution in [0.25, 0.3) is 0 Å². The quantitative estimate of drug-likeness (QED) is 0.751. The number of ether oxygens (including phenoxy) is 1. The van der Waals surface area contributed by atoms with Gasteiger partial charge in [0.15, 0.2) is 5.75 Å². The van der Waals surface area contributed by atoms with Gasteiger partial charge in [0.05, 0.1) is 16.9 Å². The van der Waals surface area contributed by atoms with Gasteiger partial charge in [0, 0.05) is 0 Å². The Morgan fingerprint density at radius 2 is 1.41 bits per heavy atom. The van der Waals surface area contributed by atoms with Crippen LogP contribution in [-0.4, -0.2) is 5.60 Å². The molecule has 0 radical (unpaired) electrons. The molecule has 1 aromatic carbocycles. The van der Waals surface area contributed by atoms with E-state index in [0.717, 1.165) is 12.1 Å². The summed E-state index contributed by atoms with van der Waals surface area (Å²) >= 11 is 0. The summed E-state index contributed by atoms with van der Waals surface area (Å²) in [6, 6.07) is 1.63. The average Bonchev–Trinajstić information content (AvgIpc) is 2.07. The fourth-order valence-corrected chi connectivity index (χ4v) is 1.26. The van der Waals surface area contributed by atoms with Crippen molar-refractivity contribution < 1.29 is 17.9 Å². The summed E-state index contributed by atoms with van der Waals surface area (Å²) in [5, 5.41) is 0. The van der Waals surface area contributed by atoms with Gasteiger partial charge in [-0.1, -0.05) is 0 Å². The molecule has 0 aliphatic heterocycles. The summed E-state index contributed by atoms with van der Waals surface area (Å²) in [4.78, 5) is 0. The number of nitrogen functional groups attached to an aromatic ring is 2. The third-order valence-electron chi connectivity index (χ3n) is 1.88. The van der Waals surface area contributed by atoms with E-state index in [2.05, 4.69) is 0 Å². The van der Waals surface area contributed by atoms with E-state index in [-0.39, 0.29) is 17.1 Å². The molecule has 0 heterocycles. The molecule has 1 aromatic rings. The number of anilines is 2. The van der Waals surface area contributed by atoms with Crippen LogP contribution in [0.5, 0.6) is 5.75 Å². The second kappa shape index (κ2) is 4.01. The molecular weight excluding hydrogens is 233 g/mol. The Morgan fingerprint density at radius 3 is 1.71 bits per heavy atom. The zero-order chi connectivity index (χ0) is 13.4. The van der Waals surface area contributed by atoms with Crippen molar-refractivity contribution in [2.45, 2.75) is 32.5 Å². The lowest BCUT2D eigenvalue weighted by atomic mass is 10.1. The first-order valence-corrected chi connectivity index (χ1v) is 4.96. The van der Waals surface area contributed by atoms with E-state index in [9.17, 15) is 13.2 Å². The molecular formula is C11H15F3N2O. The number of benzene rings is 1. The molecule has 0 bridgehead atoms. The largest absolute Gasteiger partial charge is 0.484 e. The van der Waals surface area contributed by atoms with Crippen molar-refractivity contribution in [3.8, 4) is 5.75 Å². The van der Waals surface area contributed by atoms with Gasteiger partial charge in [0.2, 0.25) is 0 Å². The van der Waals surface area contributed by atoms with Gasteiger partial charge in [0.1, 0.15) is 5.60 Å². The van der Waals surface area contributed by atoms with Crippen molar-refractivity contribution in [2.75, 3.05) is 11.5 Å². The number of halogens is 3. The van der Waals surface area contributed by atoms with Crippen molar-refractivity contribution in [3.63, 3.8) is 0 Å². The lowest BCUT2D eigenvalue weighted by Crippen LogP contribution is -2.24. The van der Waals surface area contributed by atoms with Crippen molar-refractivity contribution in [3.05, 3.63) is 17.7 Å². The molecule has 0 aliphatic carbocycles. The topological polar surface area (TPSA) is 61.3 Å². The highest BCUT2D eigenvalue weighted by Crippen LogP contribution is 2.39. The van der Waals surface area contributed by atoms with Gasteiger partial charge >= 0.3 is 6.18 Å². The normalized spacial score (nSPS) is 12.6. The molecule has 1 rings (SSSR count). The van der Waals surface area contributed by atoms with Crippen molar-refractivity contribution >= 4 is 11.4 Å². The number of nitrogens with two attached hydrogens (primary N) is 2. The number of alkyl halides is 3. The molecule has 96 valence electrons. The minimum atomic E-state index is -4.47. The first-order chi connectivity index (χ1) is 7.50. The Hall–Kier alpha value is -1.59. The van der Waals surface area contributed by atoms with E-state index >= 15 is 0 Å². The number of hydrogen-bond donors (Lipinski definition) is 2. The standard InChI is InChI=1S/C11H15F3N2O/c1-10(2,3)17-9-7(15)4-6(5-8(9)16)11(12,13)14/h4-5H,15-16H2,1-3H3. The molecule has 0 amide bonds. The van der Waals surface area contributed by atoms with Crippen LogP contribution in [0.1, 0.15) is 26.3 Å². The maximum atomic E-state index is 12.5. The van der Waals surface area contributed by atoms with Crippen LogP contribution in [-0.2, 0) is 6.18 Å². The van der Waals surface area contributed by atoms with E-state index in [1.807, 2.05) is 0 Å². The zero-order valence-electron chi connectivity index (χ0n) is 9.85. The molecule has 0 saturated heterocycles. The molecule has 0 spiro atoms. The molecule has 0 aromatic heterocycles. The molecule has 0 fully saturated rings. The maximum Gasteiger partial charge on any atom is 0.416 e. The van der Waals surface area contributed by atoms with E-state index in [4.69, 9.17) is 16.2 Å². The first kappa shape index (κ1) is 13.5. The van der Waals surface area contributed by atoms with E-state index in [0.29, 0.717) is 0 Å². The highest BCUT2D eigenvalue weighted by molar-refractivity contribution is 5.69. The Balaban J connectivity index is 3.20. The molecule has 17 heavy (non-hydrogen) atoms. The maximum absolute atomic E-state index is 12.5. The fourth-order valence-electron chi connectivity index (χ4n) is 1.26. The monoisotopic (exact) mass is 248 g/mol. The van der Waals surface area contributed by atoms with E-state index < -0.39 is 17.3 Å². The smallest absolute Gasteiger partial charge is 0.416 e. The molecule has 0 atom stereocenters. The van der Waals surface area contributed by atoms with Crippen LogP contribution in [0.3, 0.4) is 0 Å². The summed E-state index contributed by atoms with van der Waals surface area (Å²) in [6.07, 6.45) is -4.47. The Kier molecular flexibility index (Phi) is 3.18. The fraction of sp³-hybridized carbons (Fsp3) is 0.455. The summed E-state index contributed by atoms with van der Waals surface area (Å²) in [6.45, 7) is 5.26. The second-order valence-electron chi connectivity index (χ2n) is 4.70. The first-order valence-electron chi connectivity index (χ1n) is 4.96. The van der Waals surface area contributed by atoms with Gasteiger partial charge in [-0.15, -0.1) is 0 Å². The van der Waals surface area contributed by atoms with Gasteiger partial charge in [-0.05, 0) is 32.9 Å². The van der Waals surface area contributed by atoms with Gasteiger partial charge in [-0.25, -0.2) is 0 Å². The third kappa shape index (κ3) is 3.44. The highest BCUT2D eigenvalue weighted by Gasteiger charge is 2.32.